The Hall–Kier alpha value is -1.60. The lowest BCUT2D eigenvalue weighted by molar-refractivity contribution is 0.263. The second-order valence-corrected chi connectivity index (χ2v) is 3.19. The quantitative estimate of drug-likeness (QED) is 0.817. The van der Waals surface area contributed by atoms with Crippen molar-refractivity contribution in [1.29, 1.82) is 5.26 Å². The van der Waals surface area contributed by atoms with E-state index >= 15 is 0 Å². The molecule has 0 radical (unpaired) electrons. The zero-order chi connectivity index (χ0) is 11.3. The van der Waals surface area contributed by atoms with Gasteiger partial charge in [-0.25, -0.2) is 4.39 Å². The third kappa shape index (κ3) is 3.22. The number of hydrogen-bond acceptors (Lipinski definition) is 3. The topological polar surface area (TPSA) is 59.0 Å². The summed E-state index contributed by atoms with van der Waals surface area (Å²) >= 11 is 0. The number of benzene rings is 1. The third-order valence-electron chi connectivity index (χ3n) is 1.91. The van der Waals surface area contributed by atoms with Gasteiger partial charge in [-0.1, -0.05) is 6.07 Å². The highest BCUT2D eigenvalue weighted by molar-refractivity contribution is 5.30. The van der Waals surface area contributed by atoms with Crippen molar-refractivity contribution in [2.24, 2.45) is 5.73 Å². The van der Waals surface area contributed by atoms with Crippen molar-refractivity contribution in [1.82, 2.24) is 0 Å². The van der Waals surface area contributed by atoms with E-state index in [-0.39, 0.29) is 5.75 Å². The molecule has 1 aromatic rings. The predicted octanol–water partition coefficient (Wildman–Crippen LogP) is 1.62. The molecule has 0 aliphatic heterocycles. The van der Waals surface area contributed by atoms with Gasteiger partial charge < -0.3 is 10.5 Å². The van der Waals surface area contributed by atoms with Crippen LogP contribution in [0.2, 0.25) is 0 Å². The number of nitrogens with two attached hydrogens (primary N) is 1. The lowest BCUT2D eigenvalue weighted by atomic mass is 10.1. The molecule has 0 aromatic heterocycles. The van der Waals surface area contributed by atoms with Gasteiger partial charge >= 0.3 is 0 Å². The van der Waals surface area contributed by atoms with Gasteiger partial charge in [0.25, 0.3) is 0 Å². The summed E-state index contributed by atoms with van der Waals surface area (Å²) < 4.78 is 18.5. The van der Waals surface area contributed by atoms with Crippen LogP contribution in [-0.4, -0.2) is 12.6 Å². The van der Waals surface area contributed by atoms with E-state index in [0.717, 1.165) is 5.56 Å². The predicted molar refractivity (Wildman–Crippen MR) is 54.9 cm³/mol. The summed E-state index contributed by atoms with van der Waals surface area (Å²) in [5, 5.41) is 8.51. The van der Waals surface area contributed by atoms with Gasteiger partial charge in [-0.15, -0.1) is 0 Å². The van der Waals surface area contributed by atoms with E-state index in [2.05, 4.69) is 0 Å². The maximum absolute atomic E-state index is 13.4. The highest BCUT2D eigenvalue weighted by Gasteiger charge is 2.07. The van der Waals surface area contributed by atoms with Gasteiger partial charge in [0.15, 0.2) is 17.7 Å². The SMILES string of the molecule is CC(C#N)Oc1ccc(CCN)cc1F. The Kier molecular flexibility index (Phi) is 4.07. The van der Waals surface area contributed by atoms with Crippen molar-refractivity contribution < 1.29 is 9.13 Å². The van der Waals surface area contributed by atoms with Gasteiger partial charge in [0.05, 0.1) is 0 Å². The molecule has 1 atom stereocenters. The highest BCUT2D eigenvalue weighted by Crippen LogP contribution is 2.19. The fourth-order valence-electron chi connectivity index (χ4n) is 1.18. The lowest BCUT2D eigenvalue weighted by Crippen LogP contribution is -2.10. The molecule has 0 fully saturated rings. The van der Waals surface area contributed by atoms with Gasteiger partial charge in [-0.05, 0) is 37.6 Å². The van der Waals surface area contributed by atoms with E-state index < -0.39 is 11.9 Å². The summed E-state index contributed by atoms with van der Waals surface area (Å²) in [5.41, 5.74) is 6.18. The van der Waals surface area contributed by atoms with E-state index in [0.29, 0.717) is 13.0 Å². The first kappa shape index (κ1) is 11.5. The average Bonchev–Trinajstić information content (AvgIpc) is 2.22. The first-order chi connectivity index (χ1) is 7.17. The van der Waals surface area contributed by atoms with Crippen LogP contribution in [0.4, 0.5) is 4.39 Å². The monoisotopic (exact) mass is 208 g/mol. The molecule has 80 valence electrons. The Labute approximate surface area is 88.3 Å². The molecule has 1 rings (SSSR count). The molecule has 0 aliphatic rings. The number of halogens is 1. The normalized spacial score (nSPS) is 11.9. The minimum Gasteiger partial charge on any atom is -0.473 e. The van der Waals surface area contributed by atoms with Crippen LogP contribution in [-0.2, 0) is 6.42 Å². The van der Waals surface area contributed by atoms with Gasteiger partial charge in [0.1, 0.15) is 6.07 Å². The fourth-order valence-corrected chi connectivity index (χ4v) is 1.18. The molecule has 4 heteroatoms. The first-order valence-corrected chi connectivity index (χ1v) is 4.72. The second kappa shape index (κ2) is 5.32. The third-order valence-corrected chi connectivity index (χ3v) is 1.91. The number of nitrogens with zero attached hydrogens (tertiary/aromatic N) is 1. The molecule has 0 heterocycles. The van der Waals surface area contributed by atoms with E-state index in [9.17, 15) is 4.39 Å². The molecule has 1 unspecified atom stereocenters. The molecule has 1 aromatic carbocycles. The van der Waals surface area contributed by atoms with E-state index in [1.807, 2.05) is 6.07 Å². The summed E-state index contributed by atoms with van der Waals surface area (Å²) in [6.45, 7) is 2.04. The minimum atomic E-state index is -0.653. The number of hydrogen-bond donors (Lipinski definition) is 1. The zero-order valence-corrected chi connectivity index (χ0v) is 8.53. The molecule has 3 nitrogen and oxygen atoms in total. The van der Waals surface area contributed by atoms with Crippen molar-refractivity contribution in [3.8, 4) is 11.8 Å². The fraction of sp³-hybridized carbons (Fsp3) is 0.364. The van der Waals surface area contributed by atoms with Crippen LogP contribution < -0.4 is 10.5 Å². The van der Waals surface area contributed by atoms with Crippen molar-refractivity contribution in [2.45, 2.75) is 19.4 Å². The average molecular weight is 208 g/mol. The van der Waals surface area contributed by atoms with Crippen LogP contribution >= 0.6 is 0 Å². The molecular formula is C11H13FN2O. The number of ether oxygens (including phenoxy) is 1. The summed E-state index contributed by atoms with van der Waals surface area (Å²) in [7, 11) is 0. The summed E-state index contributed by atoms with van der Waals surface area (Å²) in [5.74, 6) is -0.354. The van der Waals surface area contributed by atoms with E-state index in [1.165, 1.54) is 12.1 Å². The van der Waals surface area contributed by atoms with E-state index in [4.69, 9.17) is 15.7 Å². The number of nitriles is 1. The molecule has 0 amide bonds. The number of rotatable bonds is 4. The molecule has 0 saturated carbocycles. The molecule has 2 N–H and O–H groups in total. The van der Waals surface area contributed by atoms with Crippen LogP contribution in [0.15, 0.2) is 18.2 Å². The van der Waals surface area contributed by atoms with Crippen LogP contribution in [0, 0.1) is 17.1 Å². The Bertz CT molecular complexity index is 373. The highest BCUT2D eigenvalue weighted by atomic mass is 19.1. The second-order valence-electron chi connectivity index (χ2n) is 3.19. The van der Waals surface area contributed by atoms with Crippen LogP contribution in [0.25, 0.3) is 0 Å². The van der Waals surface area contributed by atoms with Gasteiger partial charge in [0.2, 0.25) is 0 Å². The van der Waals surface area contributed by atoms with Crippen molar-refractivity contribution in [3.05, 3.63) is 29.6 Å². The lowest BCUT2D eigenvalue weighted by Gasteiger charge is -2.09. The molecule has 0 aliphatic carbocycles. The Morgan fingerprint density at radius 1 is 1.60 bits per heavy atom. The Balaban J connectivity index is 2.80. The summed E-state index contributed by atoms with van der Waals surface area (Å²) in [6, 6.07) is 6.52. The largest absolute Gasteiger partial charge is 0.473 e. The van der Waals surface area contributed by atoms with Gasteiger partial charge in [0, 0.05) is 0 Å². The maximum Gasteiger partial charge on any atom is 0.181 e. The smallest absolute Gasteiger partial charge is 0.181 e. The van der Waals surface area contributed by atoms with Crippen LogP contribution in [0.5, 0.6) is 5.75 Å². The van der Waals surface area contributed by atoms with Crippen molar-refractivity contribution in [2.75, 3.05) is 6.54 Å². The zero-order valence-electron chi connectivity index (χ0n) is 8.53. The molecule has 15 heavy (non-hydrogen) atoms. The van der Waals surface area contributed by atoms with Crippen molar-refractivity contribution >= 4 is 0 Å². The van der Waals surface area contributed by atoms with E-state index in [1.54, 1.807) is 13.0 Å². The maximum atomic E-state index is 13.4. The summed E-state index contributed by atoms with van der Waals surface area (Å²) in [4.78, 5) is 0. The van der Waals surface area contributed by atoms with Crippen LogP contribution in [0.1, 0.15) is 12.5 Å². The standard InChI is InChI=1S/C11H13FN2O/c1-8(7-14)15-11-3-2-9(4-5-13)6-10(11)12/h2-3,6,8H,4-5,13H2,1H3. The molecule has 0 spiro atoms. The first-order valence-electron chi connectivity index (χ1n) is 4.72. The van der Waals surface area contributed by atoms with Crippen molar-refractivity contribution in [3.63, 3.8) is 0 Å². The molecule has 0 bridgehead atoms. The van der Waals surface area contributed by atoms with Gasteiger partial charge in [-0.3, -0.25) is 0 Å². The Morgan fingerprint density at radius 3 is 2.87 bits per heavy atom. The minimum absolute atomic E-state index is 0.102. The summed E-state index contributed by atoms with van der Waals surface area (Å²) in [6.07, 6.45) is -0.0229. The molecule has 0 saturated heterocycles. The Morgan fingerprint density at radius 2 is 2.33 bits per heavy atom. The molecular weight excluding hydrogens is 195 g/mol. The van der Waals surface area contributed by atoms with Crippen LogP contribution in [0.3, 0.4) is 0 Å². The van der Waals surface area contributed by atoms with Gasteiger partial charge in [-0.2, -0.15) is 5.26 Å².